The molecule has 1 fully saturated rings. The number of piperidine rings is 1. The molecule has 0 atom stereocenters. The first-order chi connectivity index (χ1) is 23.4. The van der Waals surface area contributed by atoms with E-state index in [9.17, 15) is 9.59 Å². The fourth-order valence-corrected chi connectivity index (χ4v) is 7.06. The number of para-hydroxylation sites is 1. The van der Waals surface area contributed by atoms with Crippen molar-refractivity contribution in [1.29, 1.82) is 0 Å². The minimum absolute atomic E-state index is 0.0299. The number of aromatic nitrogens is 5. The highest BCUT2D eigenvalue weighted by atomic mass is 19.1. The number of nitrogens with one attached hydrogen (secondary N) is 1. The van der Waals surface area contributed by atoms with Crippen LogP contribution in [0.1, 0.15) is 58.9 Å². The summed E-state index contributed by atoms with van der Waals surface area (Å²) in [6, 6.07) is 15.3. The summed E-state index contributed by atoms with van der Waals surface area (Å²) in [7, 11) is 1.61. The van der Waals surface area contributed by atoms with E-state index in [1.54, 1.807) is 41.3 Å². The molecule has 2 amide bonds. The maximum absolute atomic E-state index is 16.6. The number of fused-ring (bicyclic) bond motifs is 1. The molecule has 3 aromatic heterocycles. The molecule has 0 radical (unpaired) electrons. The molecule has 10 nitrogen and oxygen atoms in total. The van der Waals surface area contributed by atoms with Crippen molar-refractivity contribution < 1.29 is 18.7 Å². The number of H-pyrrole nitrogens is 1. The third kappa shape index (κ3) is 6.08. The van der Waals surface area contributed by atoms with Crippen LogP contribution in [0.15, 0.2) is 73.2 Å². The molecule has 7 rings (SSSR count). The van der Waals surface area contributed by atoms with E-state index in [1.165, 1.54) is 5.56 Å². The zero-order chi connectivity index (χ0) is 33.2. The second-order valence-electron chi connectivity index (χ2n) is 12.5. The van der Waals surface area contributed by atoms with Gasteiger partial charge in [0.05, 0.1) is 25.4 Å². The minimum atomic E-state index is -0.448. The van der Waals surface area contributed by atoms with Crippen molar-refractivity contribution in [3.8, 4) is 16.9 Å². The Kier molecular flexibility index (Phi) is 8.75. The molecule has 2 aliphatic heterocycles. The van der Waals surface area contributed by atoms with Crippen molar-refractivity contribution in [2.24, 2.45) is 0 Å². The van der Waals surface area contributed by atoms with Crippen LogP contribution < -0.4 is 4.74 Å². The largest absolute Gasteiger partial charge is 0.496 e. The number of rotatable bonds is 8. The average Bonchev–Trinajstić information content (AvgIpc) is 3.82. The van der Waals surface area contributed by atoms with E-state index in [1.807, 2.05) is 54.3 Å². The van der Waals surface area contributed by atoms with Gasteiger partial charge in [0.15, 0.2) is 5.82 Å². The Labute approximate surface area is 278 Å². The highest BCUT2D eigenvalue weighted by molar-refractivity contribution is 6.05. The number of aryl methyl sites for hydroxylation is 2. The molecule has 0 aliphatic carbocycles. The molecule has 0 spiro atoms. The van der Waals surface area contributed by atoms with Gasteiger partial charge in [-0.25, -0.2) is 4.39 Å². The summed E-state index contributed by atoms with van der Waals surface area (Å²) in [6.45, 7) is 4.50. The molecular formula is C37H38FN7O3. The summed E-state index contributed by atoms with van der Waals surface area (Å²) in [6.07, 6.45) is 9.66. The van der Waals surface area contributed by atoms with Crippen molar-refractivity contribution in [3.63, 3.8) is 0 Å². The molecule has 48 heavy (non-hydrogen) atoms. The van der Waals surface area contributed by atoms with Crippen LogP contribution in [0.25, 0.3) is 27.6 Å². The van der Waals surface area contributed by atoms with Crippen LogP contribution in [0, 0.1) is 12.7 Å². The van der Waals surface area contributed by atoms with Crippen LogP contribution in [0.4, 0.5) is 4.39 Å². The third-order valence-electron chi connectivity index (χ3n) is 9.63. The Balaban J connectivity index is 1.20. The van der Waals surface area contributed by atoms with Gasteiger partial charge in [0.25, 0.3) is 5.91 Å². The second-order valence-corrected chi connectivity index (χ2v) is 12.5. The van der Waals surface area contributed by atoms with E-state index >= 15 is 4.39 Å². The summed E-state index contributed by atoms with van der Waals surface area (Å²) in [4.78, 5) is 38.3. The van der Waals surface area contributed by atoms with Gasteiger partial charge < -0.3 is 19.5 Å². The topological polar surface area (TPSA) is 109 Å². The fourth-order valence-electron chi connectivity index (χ4n) is 7.06. The molecule has 0 bridgehead atoms. The number of nitrogens with zero attached hydrogens (tertiary/aromatic N) is 6. The second kappa shape index (κ2) is 13.4. The monoisotopic (exact) mass is 647 g/mol. The lowest BCUT2D eigenvalue weighted by atomic mass is 9.88. The van der Waals surface area contributed by atoms with Crippen molar-refractivity contribution >= 4 is 28.3 Å². The van der Waals surface area contributed by atoms with E-state index in [4.69, 9.17) is 4.74 Å². The van der Waals surface area contributed by atoms with Crippen LogP contribution in [0.2, 0.25) is 0 Å². The minimum Gasteiger partial charge on any atom is -0.496 e. The van der Waals surface area contributed by atoms with E-state index in [-0.39, 0.29) is 30.3 Å². The van der Waals surface area contributed by atoms with Gasteiger partial charge in [-0.3, -0.25) is 19.3 Å². The first-order valence-corrected chi connectivity index (χ1v) is 16.4. The standard InChI is InChI=1S/C37H38FN7O3/c1-24-27(9-5-14-39-24)25-11-17-43(18-12-25)37(47)32-22-31-30(28-8-3-4-10-33(28)48-2)21-29(35(38)36(31)41-32)26-7-6-16-44(23-26)34(46)13-19-45-20-15-40-42-45/h3-5,7-10,14-15,20-22,25,41H,6,11-13,16-19,23H2,1-2H3. The number of likely N-dealkylation sites (tertiary alicyclic amines) is 1. The van der Waals surface area contributed by atoms with E-state index in [0.717, 1.165) is 35.2 Å². The number of benzene rings is 2. The lowest BCUT2D eigenvalue weighted by molar-refractivity contribution is -0.131. The molecule has 2 aliphatic rings. The van der Waals surface area contributed by atoms with E-state index in [0.29, 0.717) is 60.9 Å². The summed E-state index contributed by atoms with van der Waals surface area (Å²) < 4.78 is 24.0. The number of amides is 2. The number of carbonyl (C=O) groups is 2. The molecule has 11 heteroatoms. The normalized spacial score (nSPS) is 15.5. The zero-order valence-electron chi connectivity index (χ0n) is 27.2. The number of halogens is 1. The number of methoxy groups -OCH3 is 1. The first-order valence-electron chi connectivity index (χ1n) is 16.4. The van der Waals surface area contributed by atoms with E-state index < -0.39 is 5.82 Å². The molecular weight excluding hydrogens is 609 g/mol. The molecule has 2 aromatic carbocycles. The Morgan fingerprint density at radius 2 is 1.83 bits per heavy atom. The quantitative estimate of drug-likeness (QED) is 0.221. The lowest BCUT2D eigenvalue weighted by Gasteiger charge is -2.32. The number of hydrogen-bond acceptors (Lipinski definition) is 6. The third-order valence-corrected chi connectivity index (χ3v) is 9.63. The zero-order valence-corrected chi connectivity index (χ0v) is 27.2. The van der Waals surface area contributed by atoms with Crippen molar-refractivity contribution in [1.82, 2.24) is 34.8 Å². The SMILES string of the molecule is COc1ccccc1-c1cc(C2=CCCN(C(=O)CCn3ccnn3)C2)c(F)c2[nH]c(C(=O)N3CCC(c4cccnc4C)CC3)cc12. The summed E-state index contributed by atoms with van der Waals surface area (Å²) in [5.74, 6) is 0.357. The van der Waals surface area contributed by atoms with Crippen molar-refractivity contribution in [2.45, 2.75) is 45.1 Å². The van der Waals surface area contributed by atoms with E-state index in [2.05, 4.69) is 26.3 Å². The van der Waals surface area contributed by atoms with Crippen molar-refractivity contribution in [3.05, 3.63) is 102 Å². The maximum atomic E-state index is 16.6. The maximum Gasteiger partial charge on any atom is 0.270 e. The molecule has 1 N–H and O–H groups in total. The summed E-state index contributed by atoms with van der Waals surface area (Å²) in [5.41, 5.74) is 5.51. The van der Waals surface area contributed by atoms with Crippen LogP contribution in [0.5, 0.6) is 5.75 Å². The highest BCUT2D eigenvalue weighted by Gasteiger charge is 2.29. The number of carbonyl (C=O) groups excluding carboxylic acids is 2. The van der Waals surface area contributed by atoms with Crippen molar-refractivity contribution in [2.75, 3.05) is 33.3 Å². The van der Waals surface area contributed by atoms with Crippen LogP contribution in [-0.2, 0) is 11.3 Å². The van der Waals surface area contributed by atoms with Gasteiger partial charge in [-0.1, -0.05) is 35.6 Å². The first kappa shape index (κ1) is 31.3. The van der Waals surface area contributed by atoms with Gasteiger partial charge in [-0.15, -0.1) is 5.10 Å². The van der Waals surface area contributed by atoms with Gasteiger partial charge in [0.2, 0.25) is 5.91 Å². The Morgan fingerprint density at radius 3 is 2.60 bits per heavy atom. The Bertz CT molecular complexity index is 1990. The van der Waals surface area contributed by atoms with Crippen LogP contribution in [0.3, 0.4) is 0 Å². The summed E-state index contributed by atoms with van der Waals surface area (Å²) in [5, 5.41) is 8.34. The van der Waals surface area contributed by atoms with Crippen LogP contribution in [-0.4, -0.2) is 79.9 Å². The Hall–Kier alpha value is -5.32. The summed E-state index contributed by atoms with van der Waals surface area (Å²) >= 11 is 0. The smallest absolute Gasteiger partial charge is 0.270 e. The molecule has 5 heterocycles. The van der Waals surface area contributed by atoms with Gasteiger partial charge in [-0.2, -0.15) is 0 Å². The number of pyridine rings is 1. The fraction of sp³-hybridized carbons (Fsp3) is 0.324. The predicted molar refractivity (Wildman–Crippen MR) is 181 cm³/mol. The number of hydrogen-bond donors (Lipinski definition) is 1. The molecule has 0 unspecified atom stereocenters. The van der Waals surface area contributed by atoms with Gasteiger partial charge in [-0.05, 0) is 73.1 Å². The predicted octanol–water partition coefficient (Wildman–Crippen LogP) is 6.00. The number of ether oxygens (including phenoxy) is 1. The molecule has 246 valence electrons. The average molecular weight is 648 g/mol. The van der Waals surface area contributed by atoms with Gasteiger partial charge in [0, 0.05) is 67.2 Å². The molecule has 1 saturated heterocycles. The molecule has 5 aromatic rings. The Morgan fingerprint density at radius 1 is 1.00 bits per heavy atom. The van der Waals surface area contributed by atoms with Gasteiger partial charge in [0.1, 0.15) is 11.4 Å². The van der Waals surface area contributed by atoms with Gasteiger partial charge >= 0.3 is 0 Å². The van der Waals surface area contributed by atoms with Crippen LogP contribution >= 0.6 is 0 Å². The molecule has 0 saturated carbocycles. The highest BCUT2D eigenvalue weighted by Crippen LogP contribution is 2.40. The lowest BCUT2D eigenvalue weighted by Crippen LogP contribution is -2.38. The number of aromatic amines is 1.